The van der Waals surface area contributed by atoms with Crippen molar-refractivity contribution in [1.82, 2.24) is 0 Å². The third-order valence-electron chi connectivity index (χ3n) is 2.23. The molecule has 1 aromatic heterocycles. The SMILES string of the molecule is O=C(O)C(S)Cc1ccc2sccc2c1. The van der Waals surface area contributed by atoms with Crippen LogP contribution in [0.5, 0.6) is 0 Å². The summed E-state index contributed by atoms with van der Waals surface area (Å²) < 4.78 is 1.23. The van der Waals surface area contributed by atoms with E-state index in [-0.39, 0.29) is 0 Å². The van der Waals surface area contributed by atoms with Crippen molar-refractivity contribution in [3.8, 4) is 0 Å². The molecule has 1 atom stereocenters. The largest absolute Gasteiger partial charge is 0.480 e. The van der Waals surface area contributed by atoms with Gasteiger partial charge in [0, 0.05) is 4.70 Å². The second-order valence-electron chi connectivity index (χ2n) is 3.35. The zero-order chi connectivity index (χ0) is 10.8. The van der Waals surface area contributed by atoms with Crippen LogP contribution in [0.25, 0.3) is 10.1 Å². The molecule has 4 heteroatoms. The third kappa shape index (κ3) is 2.33. The second kappa shape index (κ2) is 4.24. The van der Waals surface area contributed by atoms with Crippen molar-refractivity contribution < 1.29 is 9.90 Å². The fourth-order valence-electron chi connectivity index (χ4n) is 1.45. The lowest BCUT2D eigenvalue weighted by atomic mass is 10.1. The van der Waals surface area contributed by atoms with E-state index in [1.54, 1.807) is 11.3 Å². The summed E-state index contributed by atoms with van der Waals surface area (Å²) in [5.74, 6) is -0.872. The van der Waals surface area contributed by atoms with Gasteiger partial charge < -0.3 is 5.11 Å². The number of thiol groups is 1. The van der Waals surface area contributed by atoms with E-state index in [1.165, 1.54) is 10.1 Å². The van der Waals surface area contributed by atoms with E-state index in [0.717, 1.165) is 5.56 Å². The van der Waals surface area contributed by atoms with Crippen molar-refractivity contribution in [1.29, 1.82) is 0 Å². The van der Waals surface area contributed by atoms with E-state index < -0.39 is 11.2 Å². The Balaban J connectivity index is 2.24. The smallest absolute Gasteiger partial charge is 0.316 e. The van der Waals surface area contributed by atoms with Gasteiger partial charge in [-0.25, -0.2) is 0 Å². The highest BCUT2D eigenvalue weighted by Crippen LogP contribution is 2.22. The van der Waals surface area contributed by atoms with Gasteiger partial charge in [-0.3, -0.25) is 4.79 Å². The van der Waals surface area contributed by atoms with Crippen LogP contribution in [-0.2, 0) is 11.2 Å². The summed E-state index contributed by atoms with van der Waals surface area (Å²) in [6.07, 6.45) is 0.463. The summed E-state index contributed by atoms with van der Waals surface area (Å²) in [7, 11) is 0. The Bertz CT molecular complexity index is 490. The maximum Gasteiger partial charge on any atom is 0.316 e. The monoisotopic (exact) mass is 238 g/mol. The van der Waals surface area contributed by atoms with E-state index in [9.17, 15) is 4.79 Å². The number of hydrogen-bond donors (Lipinski definition) is 2. The molecular formula is C11H10O2S2. The highest BCUT2D eigenvalue weighted by Gasteiger charge is 2.12. The third-order valence-corrected chi connectivity index (χ3v) is 3.53. The molecule has 15 heavy (non-hydrogen) atoms. The average Bonchev–Trinajstić information content (AvgIpc) is 2.64. The number of carboxylic acids is 1. The number of aliphatic carboxylic acids is 1. The van der Waals surface area contributed by atoms with Crippen LogP contribution >= 0.6 is 24.0 Å². The molecule has 2 rings (SSSR count). The Labute approximate surface area is 97.0 Å². The highest BCUT2D eigenvalue weighted by atomic mass is 32.1. The van der Waals surface area contributed by atoms with Crippen LogP contribution < -0.4 is 0 Å². The lowest BCUT2D eigenvalue weighted by Gasteiger charge is -2.05. The van der Waals surface area contributed by atoms with Gasteiger partial charge in [0.15, 0.2) is 0 Å². The van der Waals surface area contributed by atoms with Crippen LogP contribution in [0, 0.1) is 0 Å². The lowest BCUT2D eigenvalue weighted by molar-refractivity contribution is -0.136. The summed E-state index contributed by atoms with van der Waals surface area (Å²) in [6.45, 7) is 0. The van der Waals surface area contributed by atoms with Gasteiger partial charge >= 0.3 is 5.97 Å². The topological polar surface area (TPSA) is 37.3 Å². The molecular weight excluding hydrogens is 228 g/mol. The summed E-state index contributed by atoms with van der Waals surface area (Å²) in [5, 5.41) is 11.3. The van der Waals surface area contributed by atoms with Crippen LogP contribution in [0.2, 0.25) is 0 Å². The predicted molar refractivity (Wildman–Crippen MR) is 65.9 cm³/mol. The molecule has 0 saturated carbocycles. The predicted octanol–water partition coefficient (Wildman–Crippen LogP) is 2.83. The zero-order valence-corrected chi connectivity index (χ0v) is 9.59. The van der Waals surface area contributed by atoms with E-state index in [2.05, 4.69) is 12.6 Å². The van der Waals surface area contributed by atoms with Gasteiger partial charge in [-0.2, -0.15) is 12.6 Å². The number of fused-ring (bicyclic) bond motifs is 1. The molecule has 2 nitrogen and oxygen atoms in total. The summed E-state index contributed by atoms with van der Waals surface area (Å²) >= 11 is 5.70. The van der Waals surface area contributed by atoms with Crippen molar-refractivity contribution in [3.05, 3.63) is 35.2 Å². The first-order valence-electron chi connectivity index (χ1n) is 4.54. The molecule has 1 unspecified atom stereocenters. The fourth-order valence-corrected chi connectivity index (χ4v) is 2.44. The van der Waals surface area contributed by atoms with E-state index in [0.29, 0.717) is 6.42 Å². The molecule has 1 heterocycles. The lowest BCUT2D eigenvalue weighted by Crippen LogP contribution is -2.15. The number of rotatable bonds is 3. The van der Waals surface area contributed by atoms with Crippen molar-refractivity contribution in [2.45, 2.75) is 11.7 Å². The molecule has 0 bridgehead atoms. The summed E-state index contributed by atoms with van der Waals surface area (Å²) in [5.41, 5.74) is 1.02. The Kier molecular flexibility index (Phi) is 2.98. The molecule has 1 aromatic carbocycles. The molecule has 0 amide bonds. The quantitative estimate of drug-likeness (QED) is 0.807. The van der Waals surface area contributed by atoms with Crippen molar-refractivity contribution in [3.63, 3.8) is 0 Å². The first kappa shape index (κ1) is 10.5. The second-order valence-corrected chi connectivity index (χ2v) is 4.92. The van der Waals surface area contributed by atoms with Crippen LogP contribution in [-0.4, -0.2) is 16.3 Å². The first-order chi connectivity index (χ1) is 7.16. The molecule has 2 aromatic rings. The van der Waals surface area contributed by atoms with Gasteiger partial charge in [-0.15, -0.1) is 11.3 Å². The van der Waals surface area contributed by atoms with Crippen LogP contribution in [0.15, 0.2) is 29.6 Å². The van der Waals surface area contributed by atoms with Crippen molar-refractivity contribution in [2.75, 3.05) is 0 Å². The highest BCUT2D eigenvalue weighted by molar-refractivity contribution is 7.81. The molecule has 0 saturated heterocycles. The number of carbonyl (C=O) groups is 1. The van der Waals surface area contributed by atoms with Gasteiger partial charge in [0.1, 0.15) is 5.25 Å². The Hall–Kier alpha value is -1.00. The van der Waals surface area contributed by atoms with Gasteiger partial charge in [0.05, 0.1) is 0 Å². The maximum atomic E-state index is 10.6. The number of benzene rings is 1. The molecule has 0 radical (unpaired) electrons. The minimum Gasteiger partial charge on any atom is -0.480 e. The fraction of sp³-hybridized carbons (Fsp3) is 0.182. The molecule has 1 N–H and O–H groups in total. The standard InChI is InChI=1S/C11H10O2S2/c12-11(13)9(14)6-7-1-2-10-8(5-7)3-4-15-10/h1-5,9,14H,6H2,(H,12,13). The number of hydrogen-bond acceptors (Lipinski definition) is 3. The minimum absolute atomic E-state index is 0.463. The Morgan fingerprint density at radius 3 is 3.00 bits per heavy atom. The normalized spacial score (nSPS) is 12.9. The average molecular weight is 238 g/mol. The number of carboxylic acid groups (broad SMARTS) is 1. The van der Waals surface area contributed by atoms with Crippen LogP contribution in [0.4, 0.5) is 0 Å². The van der Waals surface area contributed by atoms with Crippen LogP contribution in [0.1, 0.15) is 5.56 Å². The first-order valence-corrected chi connectivity index (χ1v) is 5.93. The molecule has 0 aliphatic heterocycles. The van der Waals surface area contributed by atoms with E-state index >= 15 is 0 Å². The van der Waals surface area contributed by atoms with Gasteiger partial charge in [-0.1, -0.05) is 12.1 Å². The minimum atomic E-state index is -0.872. The van der Waals surface area contributed by atoms with Gasteiger partial charge in [0.2, 0.25) is 0 Å². The van der Waals surface area contributed by atoms with E-state index in [1.807, 2.05) is 29.6 Å². The molecule has 0 fully saturated rings. The molecule has 0 aliphatic rings. The molecule has 78 valence electrons. The Morgan fingerprint density at radius 1 is 1.47 bits per heavy atom. The van der Waals surface area contributed by atoms with Gasteiger partial charge in [0.25, 0.3) is 0 Å². The van der Waals surface area contributed by atoms with Crippen LogP contribution in [0.3, 0.4) is 0 Å². The summed E-state index contributed by atoms with van der Waals surface area (Å²) in [4.78, 5) is 10.6. The van der Waals surface area contributed by atoms with Gasteiger partial charge in [-0.05, 0) is 34.9 Å². The molecule has 0 aliphatic carbocycles. The van der Waals surface area contributed by atoms with Crippen molar-refractivity contribution in [2.24, 2.45) is 0 Å². The Morgan fingerprint density at radius 2 is 2.27 bits per heavy atom. The maximum absolute atomic E-state index is 10.6. The van der Waals surface area contributed by atoms with E-state index in [4.69, 9.17) is 5.11 Å². The zero-order valence-electron chi connectivity index (χ0n) is 7.88. The number of thiophene rings is 1. The summed E-state index contributed by atoms with van der Waals surface area (Å²) in [6, 6.07) is 8.05. The molecule has 0 spiro atoms. The van der Waals surface area contributed by atoms with Crippen molar-refractivity contribution >= 4 is 40.0 Å².